The summed E-state index contributed by atoms with van der Waals surface area (Å²) in [6.07, 6.45) is 0.0861. The number of carbonyl (C=O) groups is 3. The maximum Gasteiger partial charge on any atom is 0.270 e. The van der Waals surface area contributed by atoms with Gasteiger partial charge in [0.1, 0.15) is 5.75 Å². The maximum atomic E-state index is 12.4. The van der Waals surface area contributed by atoms with Crippen molar-refractivity contribution in [3.8, 4) is 5.75 Å². The summed E-state index contributed by atoms with van der Waals surface area (Å²) in [6, 6.07) is 13.9. The van der Waals surface area contributed by atoms with Crippen LogP contribution in [0.3, 0.4) is 0 Å². The van der Waals surface area contributed by atoms with E-state index in [1.807, 2.05) is 0 Å². The summed E-state index contributed by atoms with van der Waals surface area (Å²) >= 11 is 3.29. The highest BCUT2D eigenvalue weighted by Gasteiger charge is 2.35. The first-order chi connectivity index (χ1) is 13.0. The lowest BCUT2D eigenvalue weighted by molar-refractivity contribution is -0.126. The minimum absolute atomic E-state index is 0.0861. The number of hydrazine groups is 1. The van der Waals surface area contributed by atoms with Crippen molar-refractivity contribution in [2.45, 2.75) is 6.42 Å². The number of hydrogen-bond acceptors (Lipinski definition) is 4. The summed E-state index contributed by atoms with van der Waals surface area (Å²) in [5.74, 6) is -0.835. The molecule has 1 heterocycles. The van der Waals surface area contributed by atoms with Gasteiger partial charge in [-0.3, -0.25) is 25.2 Å². The standard InChI is InChI=1S/C19H18BrN3O4/c1-27-14-8-6-13(7-9-14)23-11-12(10-17(23)24)18(25)21-22-19(26)15-4-2-3-5-16(15)20/h2-9,12H,10-11H2,1H3,(H,21,25)(H,22,26)/t12-/m0/s1. The molecule has 27 heavy (non-hydrogen) atoms. The van der Waals surface area contributed by atoms with Crippen LogP contribution in [0.25, 0.3) is 0 Å². The molecule has 8 heteroatoms. The molecule has 0 spiro atoms. The summed E-state index contributed by atoms with van der Waals surface area (Å²) < 4.78 is 5.73. The van der Waals surface area contributed by atoms with E-state index in [4.69, 9.17) is 4.74 Å². The first-order valence-electron chi connectivity index (χ1n) is 8.28. The highest BCUT2D eigenvalue weighted by molar-refractivity contribution is 9.10. The zero-order valence-corrected chi connectivity index (χ0v) is 16.2. The van der Waals surface area contributed by atoms with E-state index < -0.39 is 17.7 Å². The number of ether oxygens (including phenoxy) is 1. The highest BCUT2D eigenvalue weighted by Crippen LogP contribution is 2.26. The van der Waals surface area contributed by atoms with Crippen LogP contribution in [0.1, 0.15) is 16.8 Å². The Balaban J connectivity index is 1.58. The fourth-order valence-electron chi connectivity index (χ4n) is 2.83. The maximum absolute atomic E-state index is 12.4. The lowest BCUT2D eigenvalue weighted by atomic mass is 10.1. The van der Waals surface area contributed by atoms with Crippen molar-refractivity contribution in [1.82, 2.24) is 10.9 Å². The number of nitrogens with one attached hydrogen (secondary N) is 2. The topological polar surface area (TPSA) is 87.7 Å². The third-order valence-corrected chi connectivity index (χ3v) is 4.99. The van der Waals surface area contributed by atoms with Crippen LogP contribution in [0, 0.1) is 5.92 Å². The molecule has 3 rings (SSSR count). The molecule has 1 aliphatic heterocycles. The molecule has 140 valence electrons. The van der Waals surface area contributed by atoms with E-state index in [0.717, 1.165) is 0 Å². The Kier molecular flexibility index (Phi) is 5.75. The van der Waals surface area contributed by atoms with Gasteiger partial charge in [-0.05, 0) is 52.3 Å². The second-order valence-corrected chi connectivity index (χ2v) is 6.88. The van der Waals surface area contributed by atoms with Gasteiger partial charge in [-0.1, -0.05) is 12.1 Å². The van der Waals surface area contributed by atoms with Gasteiger partial charge in [-0.25, -0.2) is 0 Å². The molecule has 2 N–H and O–H groups in total. The molecule has 1 fully saturated rings. The number of anilines is 1. The lowest BCUT2D eigenvalue weighted by Crippen LogP contribution is -2.45. The normalized spacial score (nSPS) is 16.1. The molecule has 0 aliphatic carbocycles. The average molecular weight is 432 g/mol. The average Bonchev–Trinajstić information content (AvgIpc) is 3.08. The van der Waals surface area contributed by atoms with Crippen molar-refractivity contribution in [3.05, 3.63) is 58.6 Å². The molecule has 2 aromatic carbocycles. The smallest absolute Gasteiger partial charge is 0.270 e. The highest BCUT2D eigenvalue weighted by atomic mass is 79.9. The van der Waals surface area contributed by atoms with Gasteiger partial charge in [0.05, 0.1) is 18.6 Å². The third kappa shape index (κ3) is 4.28. The summed E-state index contributed by atoms with van der Waals surface area (Å²) in [6.45, 7) is 0.252. The van der Waals surface area contributed by atoms with Crippen LogP contribution in [0.15, 0.2) is 53.0 Å². The zero-order chi connectivity index (χ0) is 19.4. The number of rotatable bonds is 4. The molecule has 1 aliphatic rings. The SMILES string of the molecule is COc1ccc(N2C[C@@H](C(=O)NNC(=O)c3ccccc3Br)CC2=O)cc1. The Labute approximate surface area is 164 Å². The van der Waals surface area contributed by atoms with Gasteiger partial charge in [0.2, 0.25) is 11.8 Å². The first-order valence-corrected chi connectivity index (χ1v) is 9.08. The molecule has 0 aromatic heterocycles. The predicted octanol–water partition coefficient (Wildman–Crippen LogP) is 2.27. The molecular formula is C19H18BrN3O4. The summed E-state index contributed by atoms with van der Waals surface area (Å²) in [7, 11) is 1.57. The first kappa shape index (κ1) is 18.9. The fourth-order valence-corrected chi connectivity index (χ4v) is 3.29. The lowest BCUT2D eigenvalue weighted by Gasteiger charge is -2.17. The van der Waals surface area contributed by atoms with Gasteiger partial charge >= 0.3 is 0 Å². The second-order valence-electron chi connectivity index (χ2n) is 6.03. The predicted molar refractivity (Wildman–Crippen MR) is 103 cm³/mol. The minimum Gasteiger partial charge on any atom is -0.497 e. The van der Waals surface area contributed by atoms with E-state index in [-0.39, 0.29) is 18.9 Å². The fraction of sp³-hybridized carbons (Fsp3) is 0.211. The number of benzene rings is 2. The zero-order valence-electron chi connectivity index (χ0n) is 14.6. The Hall–Kier alpha value is -2.87. The Morgan fingerprint density at radius 1 is 1.11 bits per heavy atom. The molecule has 3 amide bonds. The van der Waals surface area contributed by atoms with E-state index in [1.165, 1.54) is 0 Å². The third-order valence-electron chi connectivity index (χ3n) is 4.30. The van der Waals surface area contributed by atoms with Crippen LogP contribution in [0.2, 0.25) is 0 Å². The van der Waals surface area contributed by atoms with Crippen LogP contribution in [0.5, 0.6) is 5.75 Å². The molecule has 0 bridgehead atoms. The largest absolute Gasteiger partial charge is 0.497 e. The van der Waals surface area contributed by atoms with Gasteiger partial charge in [0.15, 0.2) is 0 Å². The Morgan fingerprint density at radius 2 is 1.81 bits per heavy atom. The second kappa shape index (κ2) is 8.22. The van der Waals surface area contributed by atoms with Gasteiger partial charge in [0, 0.05) is 23.1 Å². The van der Waals surface area contributed by atoms with Crippen molar-refractivity contribution in [3.63, 3.8) is 0 Å². The molecule has 0 saturated carbocycles. The van der Waals surface area contributed by atoms with Crippen LogP contribution >= 0.6 is 15.9 Å². The van der Waals surface area contributed by atoms with Crippen LogP contribution in [-0.2, 0) is 9.59 Å². The van der Waals surface area contributed by atoms with E-state index in [1.54, 1.807) is 60.5 Å². The van der Waals surface area contributed by atoms with Gasteiger partial charge < -0.3 is 9.64 Å². The number of amides is 3. The molecule has 7 nitrogen and oxygen atoms in total. The molecule has 2 aromatic rings. The van der Waals surface area contributed by atoms with Crippen molar-refractivity contribution in [1.29, 1.82) is 0 Å². The minimum atomic E-state index is -0.542. The molecule has 0 radical (unpaired) electrons. The number of nitrogens with zero attached hydrogens (tertiary/aromatic N) is 1. The van der Waals surface area contributed by atoms with Gasteiger partial charge in [0.25, 0.3) is 5.91 Å². The summed E-state index contributed by atoms with van der Waals surface area (Å²) in [5.41, 5.74) is 5.89. The molecule has 1 saturated heterocycles. The number of methoxy groups -OCH3 is 1. The number of carbonyl (C=O) groups excluding carboxylic acids is 3. The van der Waals surface area contributed by atoms with E-state index >= 15 is 0 Å². The molecule has 0 unspecified atom stereocenters. The Morgan fingerprint density at radius 3 is 2.48 bits per heavy atom. The number of hydrogen-bond donors (Lipinski definition) is 2. The van der Waals surface area contributed by atoms with Crippen molar-refractivity contribution < 1.29 is 19.1 Å². The van der Waals surface area contributed by atoms with Gasteiger partial charge in [-0.2, -0.15) is 0 Å². The van der Waals surface area contributed by atoms with Crippen molar-refractivity contribution >= 4 is 39.3 Å². The van der Waals surface area contributed by atoms with E-state index in [9.17, 15) is 14.4 Å². The summed E-state index contributed by atoms with van der Waals surface area (Å²) in [4.78, 5) is 38.3. The van der Waals surface area contributed by atoms with Gasteiger partial charge in [-0.15, -0.1) is 0 Å². The molecular weight excluding hydrogens is 414 g/mol. The quantitative estimate of drug-likeness (QED) is 0.726. The van der Waals surface area contributed by atoms with Crippen LogP contribution in [-0.4, -0.2) is 31.4 Å². The molecule has 1 atom stereocenters. The number of halogens is 1. The Bertz CT molecular complexity index is 870. The summed E-state index contributed by atoms with van der Waals surface area (Å²) in [5, 5.41) is 0. The van der Waals surface area contributed by atoms with E-state index in [0.29, 0.717) is 21.5 Å². The van der Waals surface area contributed by atoms with E-state index in [2.05, 4.69) is 26.8 Å². The van der Waals surface area contributed by atoms with Crippen LogP contribution < -0.4 is 20.5 Å². The van der Waals surface area contributed by atoms with Crippen molar-refractivity contribution in [2.24, 2.45) is 5.92 Å². The monoisotopic (exact) mass is 431 g/mol. The van der Waals surface area contributed by atoms with Crippen LogP contribution in [0.4, 0.5) is 5.69 Å². The van der Waals surface area contributed by atoms with Crippen molar-refractivity contribution in [2.75, 3.05) is 18.6 Å².